The Balaban J connectivity index is 1.71. The third kappa shape index (κ3) is 3.69. The van der Waals surface area contributed by atoms with Crippen LogP contribution in [0.15, 0.2) is 0 Å². The lowest BCUT2D eigenvalue weighted by atomic mass is 9.86. The zero-order valence-corrected chi connectivity index (χ0v) is 12.0. The van der Waals surface area contributed by atoms with Gasteiger partial charge in [0.15, 0.2) is 0 Å². The SMILES string of the molecule is CC(NCC1(C)CCCC1)C1CCN(C)CC1. The Labute approximate surface area is 107 Å². The molecule has 0 bridgehead atoms. The summed E-state index contributed by atoms with van der Waals surface area (Å²) in [4.78, 5) is 2.46. The first-order valence-electron chi connectivity index (χ1n) is 7.51. The number of piperidine rings is 1. The molecule has 1 saturated carbocycles. The van der Waals surface area contributed by atoms with Gasteiger partial charge < -0.3 is 10.2 Å². The molecule has 0 spiro atoms. The van der Waals surface area contributed by atoms with Crippen molar-refractivity contribution in [2.75, 3.05) is 26.7 Å². The predicted octanol–water partition coefficient (Wildman–Crippen LogP) is 2.89. The molecule has 1 atom stereocenters. The second-order valence-corrected chi connectivity index (χ2v) is 6.83. The van der Waals surface area contributed by atoms with Crippen LogP contribution in [0.3, 0.4) is 0 Å². The molecule has 17 heavy (non-hydrogen) atoms. The van der Waals surface area contributed by atoms with E-state index in [9.17, 15) is 0 Å². The topological polar surface area (TPSA) is 15.3 Å². The average Bonchev–Trinajstić information content (AvgIpc) is 2.75. The Bertz CT molecular complexity index is 225. The van der Waals surface area contributed by atoms with Gasteiger partial charge in [0.05, 0.1) is 0 Å². The Morgan fingerprint density at radius 2 is 1.82 bits per heavy atom. The summed E-state index contributed by atoms with van der Waals surface area (Å²) >= 11 is 0. The lowest BCUT2D eigenvalue weighted by Gasteiger charge is -2.35. The molecule has 2 fully saturated rings. The fourth-order valence-corrected chi connectivity index (χ4v) is 3.51. The minimum Gasteiger partial charge on any atom is -0.313 e. The van der Waals surface area contributed by atoms with Crippen molar-refractivity contribution in [3.05, 3.63) is 0 Å². The van der Waals surface area contributed by atoms with Crippen LogP contribution < -0.4 is 5.32 Å². The summed E-state index contributed by atoms with van der Waals surface area (Å²) in [5.74, 6) is 0.899. The normalized spacial score (nSPS) is 28.4. The van der Waals surface area contributed by atoms with Gasteiger partial charge in [-0.3, -0.25) is 0 Å². The van der Waals surface area contributed by atoms with Crippen molar-refractivity contribution in [1.29, 1.82) is 0 Å². The van der Waals surface area contributed by atoms with Gasteiger partial charge in [-0.15, -0.1) is 0 Å². The van der Waals surface area contributed by atoms with Crippen LogP contribution >= 0.6 is 0 Å². The molecule has 2 heteroatoms. The van der Waals surface area contributed by atoms with E-state index >= 15 is 0 Å². The molecule has 1 heterocycles. The van der Waals surface area contributed by atoms with Crippen molar-refractivity contribution in [1.82, 2.24) is 10.2 Å². The maximum Gasteiger partial charge on any atom is 0.00681 e. The number of rotatable bonds is 4. The summed E-state index contributed by atoms with van der Waals surface area (Å²) in [6.45, 7) is 8.67. The van der Waals surface area contributed by atoms with Gasteiger partial charge in [0.25, 0.3) is 0 Å². The van der Waals surface area contributed by atoms with Crippen LogP contribution in [0.2, 0.25) is 0 Å². The first-order valence-corrected chi connectivity index (χ1v) is 7.51. The van der Waals surface area contributed by atoms with Crippen LogP contribution in [0.25, 0.3) is 0 Å². The molecule has 2 nitrogen and oxygen atoms in total. The van der Waals surface area contributed by atoms with Gasteiger partial charge >= 0.3 is 0 Å². The first kappa shape index (κ1) is 13.4. The first-order chi connectivity index (χ1) is 8.09. The Kier molecular flexibility index (Phi) is 4.48. The summed E-state index contributed by atoms with van der Waals surface area (Å²) in [7, 11) is 2.24. The van der Waals surface area contributed by atoms with Gasteiger partial charge in [0.1, 0.15) is 0 Å². The molecule has 0 aromatic heterocycles. The fraction of sp³-hybridized carbons (Fsp3) is 1.00. The highest BCUT2D eigenvalue weighted by Gasteiger charge is 2.30. The van der Waals surface area contributed by atoms with Gasteiger partial charge in [0, 0.05) is 12.6 Å². The van der Waals surface area contributed by atoms with Crippen LogP contribution in [0.5, 0.6) is 0 Å². The fourth-order valence-electron chi connectivity index (χ4n) is 3.51. The third-order valence-corrected chi connectivity index (χ3v) is 5.13. The van der Waals surface area contributed by atoms with Crippen LogP contribution in [0.1, 0.15) is 52.4 Å². The molecule has 1 aliphatic carbocycles. The highest BCUT2D eigenvalue weighted by atomic mass is 15.1. The lowest BCUT2D eigenvalue weighted by Crippen LogP contribution is -2.43. The molecular formula is C15H30N2. The van der Waals surface area contributed by atoms with E-state index < -0.39 is 0 Å². The minimum absolute atomic E-state index is 0.597. The van der Waals surface area contributed by atoms with Crippen molar-refractivity contribution in [3.63, 3.8) is 0 Å². The lowest BCUT2D eigenvalue weighted by molar-refractivity contribution is 0.179. The van der Waals surface area contributed by atoms with Crippen molar-refractivity contribution < 1.29 is 0 Å². The monoisotopic (exact) mass is 238 g/mol. The second kappa shape index (κ2) is 5.71. The molecule has 0 aromatic carbocycles. The molecule has 1 unspecified atom stereocenters. The van der Waals surface area contributed by atoms with Crippen molar-refractivity contribution in [2.24, 2.45) is 11.3 Å². The van der Waals surface area contributed by atoms with Crippen LogP contribution in [0, 0.1) is 11.3 Å². The Morgan fingerprint density at radius 3 is 2.41 bits per heavy atom. The maximum absolute atomic E-state index is 3.83. The van der Waals surface area contributed by atoms with E-state index in [0.717, 1.165) is 5.92 Å². The van der Waals surface area contributed by atoms with Crippen molar-refractivity contribution in [3.8, 4) is 0 Å². The summed E-state index contributed by atoms with van der Waals surface area (Å²) < 4.78 is 0. The highest BCUT2D eigenvalue weighted by molar-refractivity contribution is 4.85. The van der Waals surface area contributed by atoms with Crippen LogP contribution in [-0.4, -0.2) is 37.6 Å². The maximum atomic E-state index is 3.83. The zero-order valence-electron chi connectivity index (χ0n) is 12.0. The van der Waals surface area contributed by atoms with Gasteiger partial charge in [-0.25, -0.2) is 0 Å². The van der Waals surface area contributed by atoms with E-state index in [1.807, 2.05) is 0 Å². The average molecular weight is 238 g/mol. The van der Waals surface area contributed by atoms with E-state index in [-0.39, 0.29) is 0 Å². The quantitative estimate of drug-likeness (QED) is 0.810. The predicted molar refractivity (Wildman–Crippen MR) is 74.3 cm³/mol. The molecule has 1 aliphatic heterocycles. The number of nitrogens with one attached hydrogen (secondary N) is 1. The summed E-state index contributed by atoms with van der Waals surface area (Å²) in [5, 5.41) is 3.83. The molecule has 2 aliphatic rings. The summed E-state index contributed by atoms with van der Waals surface area (Å²) in [5.41, 5.74) is 0.597. The van der Waals surface area contributed by atoms with E-state index in [1.54, 1.807) is 0 Å². The standard InChI is InChI=1S/C15H30N2/c1-13(14-6-10-17(3)11-7-14)16-12-15(2)8-4-5-9-15/h13-14,16H,4-12H2,1-3H3. The Hall–Kier alpha value is -0.0800. The van der Waals surface area contributed by atoms with E-state index in [2.05, 4.69) is 31.1 Å². The van der Waals surface area contributed by atoms with Crippen molar-refractivity contribution in [2.45, 2.75) is 58.4 Å². The third-order valence-electron chi connectivity index (χ3n) is 5.13. The summed E-state index contributed by atoms with van der Waals surface area (Å²) in [6.07, 6.45) is 8.50. The van der Waals surface area contributed by atoms with Gasteiger partial charge in [0.2, 0.25) is 0 Å². The van der Waals surface area contributed by atoms with E-state index in [1.165, 1.54) is 58.2 Å². The van der Waals surface area contributed by atoms with Crippen LogP contribution in [0.4, 0.5) is 0 Å². The molecular weight excluding hydrogens is 208 g/mol. The van der Waals surface area contributed by atoms with Gasteiger partial charge in [-0.05, 0) is 64.1 Å². The number of likely N-dealkylation sites (tertiary alicyclic amines) is 1. The van der Waals surface area contributed by atoms with E-state index in [4.69, 9.17) is 0 Å². The summed E-state index contributed by atoms with van der Waals surface area (Å²) in [6, 6.07) is 0.709. The van der Waals surface area contributed by atoms with Gasteiger partial charge in [-0.1, -0.05) is 19.8 Å². The number of nitrogens with zero attached hydrogens (tertiary/aromatic N) is 1. The number of hydrogen-bond acceptors (Lipinski definition) is 2. The molecule has 1 saturated heterocycles. The number of hydrogen-bond donors (Lipinski definition) is 1. The minimum atomic E-state index is 0.597. The molecule has 100 valence electrons. The smallest absolute Gasteiger partial charge is 0.00681 e. The van der Waals surface area contributed by atoms with E-state index in [0.29, 0.717) is 11.5 Å². The highest BCUT2D eigenvalue weighted by Crippen LogP contribution is 2.37. The molecule has 1 N–H and O–H groups in total. The van der Waals surface area contributed by atoms with Crippen LogP contribution in [-0.2, 0) is 0 Å². The van der Waals surface area contributed by atoms with Crippen molar-refractivity contribution >= 4 is 0 Å². The molecule has 0 radical (unpaired) electrons. The molecule has 2 rings (SSSR count). The Morgan fingerprint density at radius 1 is 1.24 bits per heavy atom. The zero-order chi connectivity index (χ0) is 12.3. The molecule has 0 amide bonds. The second-order valence-electron chi connectivity index (χ2n) is 6.83. The van der Waals surface area contributed by atoms with Gasteiger partial charge in [-0.2, -0.15) is 0 Å². The molecule has 0 aromatic rings. The largest absolute Gasteiger partial charge is 0.313 e.